The molecular formula is C54H52Cl4N2O15S. The summed E-state index contributed by atoms with van der Waals surface area (Å²) in [4.78, 5) is 14.2. The van der Waals surface area contributed by atoms with Gasteiger partial charge in [-0.15, -0.1) is 0 Å². The number of cyclic esters (lactones) is 1. The van der Waals surface area contributed by atoms with Crippen molar-refractivity contribution in [1.82, 2.24) is 0 Å². The second-order valence-corrected chi connectivity index (χ2v) is 21.0. The molecule has 3 fully saturated rings. The third-order valence-electron chi connectivity index (χ3n) is 13.3. The number of methoxy groups -OCH3 is 2. The largest absolute Gasteiger partial charge is 0.505 e. The standard InChI is InChI=1S/C29H32O13.C13H14N2.C12H6Cl4O2S/c1-11-36-9-20-27(40-11)24(31)25(32)29(41-20)42-26-14-7-17-16(38-10-39-17)6-13(14)21(22-15(26)8-37-28(22)33)12-4-18(34-2)23(30)19(5-12)35-3;14-12-5-1-10(2-6-12)9-11-3-7-13(15)8-4-11;13-5-1-7(15)11(17)9(3-5)19-10-4-6(14)2-8(16)12(10)18/h4-7,11,15,20-22,24-27,29-32H,8-10H2,1-3H3;1-8H,9,14-15H2;1-4,17-18H/t11-,15+,20-,21-,22+,24-,25-,26-,27-,29+;;/m1../s1. The van der Waals surface area contributed by atoms with Gasteiger partial charge in [-0.3, -0.25) is 4.79 Å². The Morgan fingerprint density at radius 2 is 1.21 bits per heavy atom. The number of carbonyl (C=O) groups excluding carboxylic acids is 1. The lowest BCUT2D eigenvalue weighted by atomic mass is 9.66. The van der Waals surface area contributed by atoms with Crippen molar-refractivity contribution in [2.24, 2.45) is 11.8 Å². The number of ether oxygens (including phenoxy) is 9. The number of aliphatic hydroxyl groups is 2. The van der Waals surface area contributed by atoms with Crippen LogP contribution in [-0.4, -0.2) is 103 Å². The van der Waals surface area contributed by atoms with Gasteiger partial charge in [0.2, 0.25) is 12.5 Å². The van der Waals surface area contributed by atoms with Crippen LogP contribution >= 0.6 is 58.2 Å². The van der Waals surface area contributed by atoms with Gasteiger partial charge in [-0.2, -0.15) is 0 Å². The van der Waals surface area contributed by atoms with Crippen LogP contribution in [0.1, 0.15) is 46.8 Å². The summed E-state index contributed by atoms with van der Waals surface area (Å²) < 4.78 is 51.5. The Morgan fingerprint density at radius 3 is 1.75 bits per heavy atom. The Kier molecular flexibility index (Phi) is 17.0. The molecule has 6 aromatic rings. The Labute approximate surface area is 460 Å². The summed E-state index contributed by atoms with van der Waals surface area (Å²) >= 11 is 24.4. The molecule has 17 nitrogen and oxygen atoms in total. The van der Waals surface area contributed by atoms with Gasteiger partial charge in [-0.25, -0.2) is 0 Å². The molecule has 0 amide bonds. The zero-order valence-corrected chi connectivity index (χ0v) is 44.6. The first-order valence-electron chi connectivity index (χ1n) is 23.6. The van der Waals surface area contributed by atoms with Gasteiger partial charge < -0.3 is 79.6 Å². The van der Waals surface area contributed by atoms with Crippen molar-refractivity contribution in [1.29, 1.82) is 0 Å². The van der Waals surface area contributed by atoms with E-state index in [1.54, 1.807) is 31.2 Å². The number of hydrogen-bond donors (Lipinski definition) is 7. The predicted octanol–water partition coefficient (Wildman–Crippen LogP) is 9.64. The van der Waals surface area contributed by atoms with Crippen LogP contribution in [0.5, 0.6) is 40.2 Å². The lowest BCUT2D eigenvalue weighted by Gasteiger charge is -2.47. The number of nitrogen functional groups attached to an aromatic ring is 2. The Morgan fingerprint density at radius 1 is 0.671 bits per heavy atom. The van der Waals surface area contributed by atoms with E-state index < -0.39 is 66.8 Å². The average molecular weight is 1140 g/mol. The van der Waals surface area contributed by atoms with E-state index in [4.69, 9.17) is 101 Å². The molecule has 0 bridgehead atoms. The summed E-state index contributed by atoms with van der Waals surface area (Å²) in [5, 5.41) is 53.2. The fraction of sp³-hybridized carbons (Fsp3) is 0.315. The minimum absolute atomic E-state index is 0.0301. The predicted molar refractivity (Wildman–Crippen MR) is 283 cm³/mol. The quantitative estimate of drug-likeness (QED) is 0.0525. The molecule has 5 aliphatic rings. The number of halogens is 4. The minimum atomic E-state index is -1.44. The lowest BCUT2D eigenvalue weighted by Crippen LogP contribution is -2.63. The van der Waals surface area contributed by atoms with Gasteiger partial charge >= 0.3 is 5.97 Å². The van der Waals surface area contributed by atoms with Crippen LogP contribution in [0.4, 0.5) is 11.4 Å². The Hall–Kier alpha value is -5.74. The van der Waals surface area contributed by atoms with Gasteiger partial charge in [0.15, 0.2) is 35.6 Å². The minimum Gasteiger partial charge on any atom is -0.505 e. The van der Waals surface area contributed by atoms with Crippen molar-refractivity contribution in [3.8, 4) is 40.2 Å². The number of rotatable bonds is 9. The van der Waals surface area contributed by atoms with E-state index in [1.807, 2.05) is 48.5 Å². The molecule has 4 heterocycles. The van der Waals surface area contributed by atoms with E-state index in [-0.39, 0.29) is 58.8 Å². The number of phenolic OH excluding ortho intramolecular Hbond substituents is 3. The number of nitrogens with two attached hydrogens (primary N) is 2. The van der Waals surface area contributed by atoms with E-state index in [2.05, 4.69) is 0 Å². The van der Waals surface area contributed by atoms with Crippen molar-refractivity contribution in [2.75, 3.05) is 45.7 Å². The summed E-state index contributed by atoms with van der Waals surface area (Å²) in [5.74, 6) is -1.26. The van der Waals surface area contributed by atoms with Crippen LogP contribution < -0.4 is 30.4 Å². The highest BCUT2D eigenvalue weighted by atomic mass is 35.5. The topological polar surface area (TPSA) is 253 Å². The van der Waals surface area contributed by atoms with Gasteiger partial charge in [0.05, 0.1) is 59.3 Å². The number of aromatic hydroxyl groups is 3. The highest BCUT2D eigenvalue weighted by molar-refractivity contribution is 7.99. The molecule has 6 aromatic carbocycles. The van der Waals surface area contributed by atoms with Gasteiger partial charge in [-0.1, -0.05) is 82.4 Å². The summed E-state index contributed by atoms with van der Waals surface area (Å²) in [6, 6.07) is 28.7. The van der Waals surface area contributed by atoms with Crippen LogP contribution in [-0.2, 0) is 34.9 Å². The normalized spacial score (nSPS) is 24.8. The summed E-state index contributed by atoms with van der Waals surface area (Å²) in [5.41, 5.74) is 17.4. The summed E-state index contributed by atoms with van der Waals surface area (Å²) in [7, 11) is 2.86. The molecular weight excluding hydrogens is 1090 g/mol. The number of fused-ring (bicyclic) bond motifs is 4. The van der Waals surface area contributed by atoms with E-state index >= 15 is 0 Å². The number of aliphatic hydroxyl groups excluding tert-OH is 2. The second-order valence-electron chi connectivity index (χ2n) is 18.2. The molecule has 0 aromatic heterocycles. The molecule has 9 N–H and O–H groups in total. The smallest absolute Gasteiger partial charge is 0.310 e. The van der Waals surface area contributed by atoms with Crippen LogP contribution in [0.15, 0.2) is 107 Å². The third kappa shape index (κ3) is 11.7. The summed E-state index contributed by atoms with van der Waals surface area (Å²) in [6.07, 6.45) is -5.88. The first kappa shape index (κ1) is 55.0. The van der Waals surface area contributed by atoms with E-state index in [1.165, 1.54) is 49.6 Å². The SMILES string of the molecule is COc1cc([C@@H]2c3cc4c(cc3[C@@H](O[C@@H]3O[C@@H]5CO[C@@H](C)O[C@H]5[C@H](O)[C@H]3O)[C@H]3COC(=O)[C@H]23)OCO4)cc(OC)c1O.Nc1ccc(Cc2ccc(N)cc2)cc1.Oc1c(Cl)cc(Cl)cc1Sc1cc(Cl)cc(Cl)c1O. The van der Waals surface area contributed by atoms with Crippen molar-refractivity contribution in [3.05, 3.63) is 145 Å². The van der Waals surface area contributed by atoms with Gasteiger partial charge in [0, 0.05) is 33.3 Å². The van der Waals surface area contributed by atoms with E-state index in [9.17, 15) is 30.3 Å². The number of benzene rings is 6. The molecule has 0 saturated carbocycles. The first-order chi connectivity index (χ1) is 36.4. The second kappa shape index (κ2) is 23.5. The average Bonchev–Trinajstić information content (AvgIpc) is 4.04. The molecule has 0 spiro atoms. The highest BCUT2D eigenvalue weighted by Crippen LogP contribution is 2.57. The van der Waals surface area contributed by atoms with Crippen molar-refractivity contribution >= 4 is 75.5 Å². The van der Waals surface area contributed by atoms with Crippen LogP contribution in [0.2, 0.25) is 20.1 Å². The monoisotopic (exact) mass is 1140 g/mol. The molecule has 76 heavy (non-hydrogen) atoms. The molecule has 3 saturated heterocycles. The fourth-order valence-electron chi connectivity index (χ4n) is 9.60. The molecule has 0 unspecified atom stereocenters. The molecule has 11 rings (SSSR count). The van der Waals surface area contributed by atoms with Crippen LogP contribution in [0, 0.1) is 11.8 Å². The molecule has 1 aliphatic carbocycles. The van der Waals surface area contributed by atoms with Gasteiger partial charge in [0.1, 0.15) is 35.9 Å². The molecule has 4 aliphatic heterocycles. The van der Waals surface area contributed by atoms with Crippen LogP contribution in [0.3, 0.4) is 0 Å². The molecule has 22 heteroatoms. The number of carbonyl (C=O) groups is 1. The zero-order chi connectivity index (χ0) is 54.1. The first-order valence-corrected chi connectivity index (χ1v) is 26.0. The van der Waals surface area contributed by atoms with E-state index in [0.717, 1.165) is 29.6 Å². The number of hydrogen-bond acceptors (Lipinski definition) is 18. The zero-order valence-electron chi connectivity index (χ0n) is 40.7. The van der Waals surface area contributed by atoms with E-state index in [0.29, 0.717) is 48.0 Å². The Bertz CT molecular complexity index is 2960. The van der Waals surface area contributed by atoms with Crippen molar-refractivity contribution in [3.63, 3.8) is 0 Å². The maximum atomic E-state index is 13.4. The number of anilines is 2. The Balaban J connectivity index is 0.000000170. The number of esters is 1. The molecule has 402 valence electrons. The fourth-order valence-corrected chi connectivity index (χ4v) is 11.9. The summed E-state index contributed by atoms with van der Waals surface area (Å²) in [6.45, 7) is 1.93. The lowest BCUT2D eigenvalue weighted by molar-refractivity contribution is -0.364. The van der Waals surface area contributed by atoms with Crippen LogP contribution in [0.25, 0.3) is 0 Å². The molecule has 10 atom stereocenters. The molecule has 0 radical (unpaired) electrons. The maximum Gasteiger partial charge on any atom is 0.310 e. The third-order valence-corrected chi connectivity index (χ3v) is 15.4. The number of phenols is 3. The van der Waals surface area contributed by atoms with Gasteiger partial charge in [-0.05, 0) is 114 Å². The van der Waals surface area contributed by atoms with Gasteiger partial charge in [0.25, 0.3) is 0 Å². The maximum absolute atomic E-state index is 13.4. The highest BCUT2D eigenvalue weighted by Gasteiger charge is 2.56. The van der Waals surface area contributed by atoms with Crippen molar-refractivity contribution in [2.45, 2.75) is 72.2 Å². The van der Waals surface area contributed by atoms with Crippen molar-refractivity contribution < 1.29 is 73.0 Å².